The van der Waals surface area contributed by atoms with E-state index in [1.165, 1.54) is 12.3 Å². The molecule has 2 aromatic heterocycles. The Morgan fingerprint density at radius 1 is 1.25 bits per heavy atom. The smallest absolute Gasteiger partial charge is 0.258 e. The van der Waals surface area contributed by atoms with Crippen molar-refractivity contribution in [2.75, 3.05) is 5.32 Å². The summed E-state index contributed by atoms with van der Waals surface area (Å²) in [6, 6.07) is 10.1. The number of thiazole rings is 1. The molecule has 0 spiro atoms. The molecular weight excluding hydrogens is 418 g/mol. The molecule has 2 heterocycles. The lowest BCUT2D eigenvalue weighted by molar-refractivity contribution is 0.0977. The van der Waals surface area contributed by atoms with E-state index in [-0.39, 0.29) is 10.9 Å². The lowest BCUT2D eigenvalue weighted by atomic mass is 10.2. The molecule has 0 aliphatic carbocycles. The Morgan fingerprint density at radius 2 is 2.04 bits per heavy atom. The van der Waals surface area contributed by atoms with Gasteiger partial charge in [0.1, 0.15) is 5.76 Å². The molecule has 0 saturated heterocycles. The fraction of sp³-hybridized carbons (Fsp3) is 0.0526. The van der Waals surface area contributed by atoms with Gasteiger partial charge in [-0.15, -0.1) is 0 Å². The van der Waals surface area contributed by atoms with Crippen molar-refractivity contribution in [1.82, 2.24) is 10.3 Å². The van der Waals surface area contributed by atoms with Crippen molar-refractivity contribution in [3.05, 3.63) is 75.7 Å². The highest BCUT2D eigenvalue weighted by molar-refractivity contribution is 7.80. The Hall–Kier alpha value is -2.81. The Bertz CT molecular complexity index is 1060. The van der Waals surface area contributed by atoms with E-state index >= 15 is 0 Å². The minimum absolute atomic E-state index is 0.0591. The van der Waals surface area contributed by atoms with Crippen LogP contribution < -0.4 is 10.6 Å². The average Bonchev–Trinajstić information content (AvgIpc) is 3.29. The first kappa shape index (κ1) is 19.9. The van der Waals surface area contributed by atoms with E-state index < -0.39 is 5.91 Å². The number of rotatable bonds is 5. The molecule has 0 unspecified atom stereocenters. The number of nitrogens with zero attached hydrogens (tertiary/aromatic N) is 1. The second kappa shape index (κ2) is 8.92. The van der Waals surface area contributed by atoms with Crippen LogP contribution in [0.4, 0.5) is 5.13 Å². The minimum Gasteiger partial charge on any atom is -0.465 e. The summed E-state index contributed by atoms with van der Waals surface area (Å²) in [4.78, 5) is 29.3. The second-order valence-electron chi connectivity index (χ2n) is 5.53. The maximum Gasteiger partial charge on any atom is 0.258 e. The van der Waals surface area contributed by atoms with Gasteiger partial charge in [-0.1, -0.05) is 35.1 Å². The topological polar surface area (TPSA) is 84.2 Å². The molecule has 9 heteroatoms. The number of anilines is 1. The molecule has 0 saturated carbocycles. The summed E-state index contributed by atoms with van der Waals surface area (Å²) < 4.78 is 5.16. The first-order chi connectivity index (χ1) is 13.4. The summed E-state index contributed by atoms with van der Waals surface area (Å²) in [6.07, 6.45) is 4.53. The second-order valence-corrected chi connectivity index (χ2v) is 7.35. The van der Waals surface area contributed by atoms with Crippen LogP contribution in [0.2, 0.25) is 5.02 Å². The van der Waals surface area contributed by atoms with Crippen molar-refractivity contribution in [1.29, 1.82) is 0 Å². The van der Waals surface area contributed by atoms with Crippen molar-refractivity contribution >= 4 is 63.2 Å². The fourth-order valence-corrected chi connectivity index (χ4v) is 3.61. The van der Waals surface area contributed by atoms with Crippen molar-refractivity contribution < 1.29 is 14.0 Å². The maximum absolute atomic E-state index is 12.4. The number of nitrogens with one attached hydrogen (secondary N) is 2. The number of carbonyl (C=O) groups is 2. The van der Waals surface area contributed by atoms with Crippen LogP contribution in [0.5, 0.6) is 0 Å². The zero-order valence-corrected chi connectivity index (χ0v) is 17.0. The molecule has 6 nitrogen and oxygen atoms in total. The molecule has 0 bridgehead atoms. The fourth-order valence-electron chi connectivity index (χ4n) is 2.24. The lowest BCUT2D eigenvalue weighted by Gasteiger charge is -2.08. The van der Waals surface area contributed by atoms with E-state index in [4.69, 9.17) is 28.2 Å². The number of amides is 1. The number of ketones is 1. The highest BCUT2D eigenvalue weighted by atomic mass is 35.5. The average molecular weight is 432 g/mol. The lowest BCUT2D eigenvalue weighted by Crippen LogP contribution is -2.34. The van der Waals surface area contributed by atoms with Crippen LogP contribution in [-0.4, -0.2) is 21.8 Å². The minimum atomic E-state index is -0.436. The molecule has 0 aliphatic heterocycles. The zero-order valence-electron chi connectivity index (χ0n) is 14.6. The Kier molecular flexibility index (Phi) is 6.35. The number of furan rings is 1. The number of thiocarbonyl (C=S) groups is 1. The van der Waals surface area contributed by atoms with Crippen LogP contribution in [0.1, 0.15) is 31.5 Å². The van der Waals surface area contributed by atoms with Crippen molar-refractivity contribution in [2.24, 2.45) is 0 Å². The Morgan fingerprint density at radius 3 is 2.75 bits per heavy atom. The quantitative estimate of drug-likeness (QED) is 0.345. The van der Waals surface area contributed by atoms with Crippen LogP contribution in [-0.2, 0) is 0 Å². The van der Waals surface area contributed by atoms with E-state index in [1.54, 1.807) is 49.4 Å². The standard InChI is InChI=1S/C19H14ClN3O3S2/c1-11-16(15(24)9-8-12-5-4-10-26-12)28-19(21-11)23-18(27)22-17(25)13-6-2-3-7-14(13)20/h2-10H,1H3,(H2,21,22,23,25,27)/b9-8+. The largest absolute Gasteiger partial charge is 0.465 e. The Balaban J connectivity index is 1.64. The van der Waals surface area contributed by atoms with Crippen LogP contribution in [0, 0.1) is 6.92 Å². The number of hydrogen-bond donors (Lipinski definition) is 2. The molecule has 3 aromatic rings. The number of allylic oxidation sites excluding steroid dienone is 1. The van der Waals surface area contributed by atoms with Gasteiger partial charge in [-0.25, -0.2) is 4.98 Å². The molecule has 1 amide bonds. The molecular formula is C19H14ClN3O3S2. The summed E-state index contributed by atoms with van der Waals surface area (Å²) in [6.45, 7) is 1.72. The monoisotopic (exact) mass is 431 g/mol. The third-order valence-electron chi connectivity index (χ3n) is 3.53. The normalized spacial score (nSPS) is 10.8. The molecule has 28 heavy (non-hydrogen) atoms. The van der Waals surface area contributed by atoms with Gasteiger partial charge in [0.05, 0.1) is 27.4 Å². The van der Waals surface area contributed by atoms with Crippen LogP contribution in [0.25, 0.3) is 6.08 Å². The maximum atomic E-state index is 12.4. The van der Waals surface area contributed by atoms with Crippen LogP contribution in [0.15, 0.2) is 53.2 Å². The number of carbonyl (C=O) groups excluding carboxylic acids is 2. The zero-order chi connectivity index (χ0) is 20.1. The van der Waals surface area contributed by atoms with E-state index in [9.17, 15) is 9.59 Å². The summed E-state index contributed by atoms with van der Waals surface area (Å²) >= 11 is 12.3. The van der Waals surface area contributed by atoms with Gasteiger partial charge >= 0.3 is 0 Å². The third kappa shape index (κ3) is 4.92. The SMILES string of the molecule is Cc1nc(NC(=S)NC(=O)c2ccccc2Cl)sc1C(=O)/C=C/c1ccco1. The van der Waals surface area contributed by atoms with E-state index in [2.05, 4.69) is 15.6 Å². The van der Waals surface area contributed by atoms with E-state index in [0.29, 0.717) is 32.0 Å². The van der Waals surface area contributed by atoms with Gasteiger partial charge in [0.2, 0.25) is 0 Å². The third-order valence-corrected chi connectivity index (χ3v) is 5.15. The van der Waals surface area contributed by atoms with Crippen molar-refractivity contribution in [3.8, 4) is 0 Å². The molecule has 1 aromatic carbocycles. The summed E-state index contributed by atoms with van der Waals surface area (Å²) in [5.41, 5.74) is 0.865. The number of aryl methyl sites for hydroxylation is 1. The molecule has 142 valence electrons. The van der Waals surface area contributed by atoms with Gasteiger partial charge in [-0.05, 0) is 55.6 Å². The van der Waals surface area contributed by atoms with Crippen LogP contribution in [0.3, 0.4) is 0 Å². The number of aromatic nitrogens is 1. The Labute approximate surface area is 175 Å². The molecule has 0 radical (unpaired) electrons. The highest BCUT2D eigenvalue weighted by Gasteiger charge is 2.16. The summed E-state index contributed by atoms with van der Waals surface area (Å²) in [7, 11) is 0. The van der Waals surface area contributed by atoms with Gasteiger partial charge in [0.15, 0.2) is 16.0 Å². The van der Waals surface area contributed by atoms with E-state index in [1.807, 2.05) is 0 Å². The molecule has 0 fully saturated rings. The van der Waals surface area contributed by atoms with Crippen molar-refractivity contribution in [3.63, 3.8) is 0 Å². The van der Waals surface area contributed by atoms with Gasteiger partial charge in [0, 0.05) is 0 Å². The molecule has 2 N–H and O–H groups in total. The molecule has 0 aliphatic rings. The first-order valence-electron chi connectivity index (χ1n) is 8.04. The summed E-state index contributed by atoms with van der Waals surface area (Å²) in [5.74, 6) is -0.0585. The number of hydrogen-bond acceptors (Lipinski definition) is 6. The highest BCUT2D eigenvalue weighted by Crippen LogP contribution is 2.24. The first-order valence-corrected chi connectivity index (χ1v) is 9.64. The van der Waals surface area contributed by atoms with Gasteiger partial charge in [-0.3, -0.25) is 14.9 Å². The van der Waals surface area contributed by atoms with Gasteiger partial charge in [-0.2, -0.15) is 0 Å². The van der Waals surface area contributed by atoms with Crippen molar-refractivity contribution in [2.45, 2.75) is 6.92 Å². The van der Waals surface area contributed by atoms with Gasteiger partial charge < -0.3 is 9.73 Å². The predicted octanol–water partition coefficient (Wildman–Crippen LogP) is 4.72. The van der Waals surface area contributed by atoms with E-state index in [0.717, 1.165) is 11.3 Å². The van der Waals surface area contributed by atoms with Gasteiger partial charge in [0.25, 0.3) is 5.91 Å². The number of benzene rings is 1. The summed E-state index contributed by atoms with van der Waals surface area (Å²) in [5, 5.41) is 6.14. The molecule has 0 atom stereocenters. The number of halogens is 1. The predicted molar refractivity (Wildman–Crippen MR) is 114 cm³/mol. The molecule has 3 rings (SSSR count). The van der Waals surface area contributed by atoms with Crippen LogP contribution >= 0.6 is 35.2 Å².